The van der Waals surface area contributed by atoms with Crippen molar-refractivity contribution in [2.45, 2.75) is 0 Å². The summed E-state index contributed by atoms with van der Waals surface area (Å²) >= 11 is 3.33. The molecule has 0 spiro atoms. The average molecular weight is 265 g/mol. The van der Waals surface area contributed by atoms with Crippen molar-refractivity contribution >= 4 is 15.9 Å². The van der Waals surface area contributed by atoms with Gasteiger partial charge in [-0.25, -0.2) is 0 Å². The van der Waals surface area contributed by atoms with Crippen molar-refractivity contribution in [3.05, 3.63) is 35.2 Å². The zero-order chi connectivity index (χ0) is 7.56. The predicted octanol–water partition coefficient (Wildman–Crippen LogP) is 2.64. The standard InChI is InChI=1S/C8H8BrO.Zn/c1-6-5-7(9)3-4-8(6)10-2;/h3-5H,1H2,2H3;/q-1;+2. The van der Waals surface area contributed by atoms with E-state index in [1.54, 1.807) is 7.11 Å². The van der Waals surface area contributed by atoms with Crippen LogP contribution in [0.1, 0.15) is 5.56 Å². The molecule has 0 bridgehead atoms. The SMILES string of the molecule is [CH2-]c1cc(Br)ccc1OC.[Zn+2]. The van der Waals surface area contributed by atoms with E-state index in [4.69, 9.17) is 4.74 Å². The minimum Gasteiger partial charge on any atom is -0.554 e. The molecule has 0 unspecified atom stereocenters. The summed E-state index contributed by atoms with van der Waals surface area (Å²) < 4.78 is 6.04. The number of ether oxygens (including phenoxy) is 1. The van der Waals surface area contributed by atoms with Crippen molar-refractivity contribution in [2.24, 2.45) is 0 Å². The smallest absolute Gasteiger partial charge is 0.554 e. The van der Waals surface area contributed by atoms with Gasteiger partial charge in [0, 0.05) is 5.75 Å². The van der Waals surface area contributed by atoms with Crippen molar-refractivity contribution < 1.29 is 24.2 Å². The van der Waals surface area contributed by atoms with Crippen LogP contribution in [0.5, 0.6) is 5.75 Å². The Morgan fingerprint density at radius 3 is 2.55 bits per heavy atom. The van der Waals surface area contributed by atoms with Crippen LogP contribution in [0.3, 0.4) is 0 Å². The van der Waals surface area contributed by atoms with E-state index in [1.807, 2.05) is 18.2 Å². The molecule has 0 amide bonds. The second-order valence-corrected chi connectivity index (χ2v) is 2.87. The number of methoxy groups -OCH3 is 1. The molecule has 1 aromatic carbocycles. The number of rotatable bonds is 1. The van der Waals surface area contributed by atoms with E-state index in [-0.39, 0.29) is 19.5 Å². The normalized spacial score (nSPS) is 8.55. The number of hydrogen-bond donors (Lipinski definition) is 0. The van der Waals surface area contributed by atoms with Gasteiger partial charge in [0.2, 0.25) is 0 Å². The van der Waals surface area contributed by atoms with Gasteiger partial charge in [-0.15, -0.1) is 6.07 Å². The van der Waals surface area contributed by atoms with Crippen LogP contribution in [0, 0.1) is 6.92 Å². The Balaban J connectivity index is 0.000001000. The molecule has 3 heteroatoms. The zero-order valence-corrected chi connectivity index (χ0v) is 11.0. The molecule has 0 atom stereocenters. The molecule has 1 rings (SSSR count). The van der Waals surface area contributed by atoms with Gasteiger partial charge in [0.25, 0.3) is 0 Å². The average Bonchev–Trinajstić information content (AvgIpc) is 1.88. The molecule has 54 valence electrons. The van der Waals surface area contributed by atoms with E-state index in [1.165, 1.54) is 0 Å². The Kier molecular flexibility index (Phi) is 4.78. The van der Waals surface area contributed by atoms with E-state index in [2.05, 4.69) is 22.9 Å². The van der Waals surface area contributed by atoms with Crippen molar-refractivity contribution in [3.63, 3.8) is 0 Å². The maximum absolute atomic E-state index is 5.02. The van der Waals surface area contributed by atoms with Crippen LogP contribution in [0.2, 0.25) is 0 Å². The maximum Gasteiger partial charge on any atom is 2.00 e. The first-order valence-electron chi connectivity index (χ1n) is 2.89. The van der Waals surface area contributed by atoms with Crippen LogP contribution in [-0.4, -0.2) is 7.11 Å². The quantitative estimate of drug-likeness (QED) is 0.560. The van der Waals surface area contributed by atoms with Crippen LogP contribution < -0.4 is 4.74 Å². The molecule has 11 heavy (non-hydrogen) atoms. The van der Waals surface area contributed by atoms with Crippen molar-refractivity contribution in [1.29, 1.82) is 0 Å². The van der Waals surface area contributed by atoms with Crippen molar-refractivity contribution in [3.8, 4) is 5.75 Å². The Labute approximate surface area is 88.0 Å². The molecular weight excluding hydrogens is 257 g/mol. The first kappa shape index (κ1) is 11.0. The van der Waals surface area contributed by atoms with Gasteiger partial charge in [0.05, 0.1) is 7.11 Å². The Hall–Kier alpha value is -0.00662. The molecule has 0 fully saturated rings. The third-order valence-electron chi connectivity index (χ3n) is 1.24. The largest absolute Gasteiger partial charge is 2.00 e. The van der Waals surface area contributed by atoms with Gasteiger partial charge in [-0.3, -0.25) is 0 Å². The van der Waals surface area contributed by atoms with Crippen molar-refractivity contribution in [2.75, 3.05) is 7.11 Å². The Morgan fingerprint density at radius 2 is 2.09 bits per heavy atom. The van der Waals surface area contributed by atoms with Gasteiger partial charge in [-0.1, -0.05) is 28.1 Å². The second kappa shape index (κ2) is 4.79. The molecule has 1 nitrogen and oxygen atoms in total. The van der Waals surface area contributed by atoms with Crippen molar-refractivity contribution in [1.82, 2.24) is 0 Å². The summed E-state index contributed by atoms with van der Waals surface area (Å²) in [6, 6.07) is 5.72. The minimum atomic E-state index is 0. The topological polar surface area (TPSA) is 9.23 Å². The molecular formula is C8H8BrOZn+. The van der Waals surface area contributed by atoms with Gasteiger partial charge >= 0.3 is 19.5 Å². The fourth-order valence-corrected chi connectivity index (χ4v) is 1.16. The van der Waals surface area contributed by atoms with E-state index >= 15 is 0 Å². The third-order valence-corrected chi connectivity index (χ3v) is 1.74. The maximum atomic E-state index is 5.02. The van der Waals surface area contributed by atoms with E-state index in [9.17, 15) is 0 Å². The predicted molar refractivity (Wildman–Crippen MR) is 45.2 cm³/mol. The zero-order valence-electron chi connectivity index (χ0n) is 6.43. The number of hydrogen-bond acceptors (Lipinski definition) is 1. The molecule has 0 aromatic heterocycles. The fourth-order valence-electron chi connectivity index (χ4n) is 0.747. The molecule has 1 aromatic rings. The first-order chi connectivity index (χ1) is 4.74. The Bertz CT molecular complexity index is 238. The van der Waals surface area contributed by atoms with Gasteiger partial charge < -0.3 is 4.74 Å². The first-order valence-corrected chi connectivity index (χ1v) is 3.69. The summed E-state index contributed by atoms with van der Waals surface area (Å²) in [6.07, 6.45) is 0. The summed E-state index contributed by atoms with van der Waals surface area (Å²) in [7, 11) is 1.64. The molecule has 0 aliphatic heterocycles. The van der Waals surface area contributed by atoms with Crippen LogP contribution >= 0.6 is 15.9 Å². The van der Waals surface area contributed by atoms with Crippen LogP contribution in [0.15, 0.2) is 22.7 Å². The molecule has 0 aliphatic carbocycles. The minimum absolute atomic E-state index is 0. The monoisotopic (exact) mass is 263 g/mol. The number of halogens is 1. The molecule has 0 heterocycles. The molecule has 0 saturated heterocycles. The summed E-state index contributed by atoms with van der Waals surface area (Å²) in [5, 5.41) is 0. The van der Waals surface area contributed by atoms with E-state index < -0.39 is 0 Å². The summed E-state index contributed by atoms with van der Waals surface area (Å²) in [5.41, 5.74) is 0.900. The molecule has 0 aliphatic rings. The molecule has 0 N–H and O–H groups in total. The molecule has 0 radical (unpaired) electrons. The van der Waals surface area contributed by atoms with Crippen LogP contribution in [-0.2, 0) is 19.5 Å². The fraction of sp³-hybridized carbons (Fsp3) is 0.125. The molecule has 0 saturated carbocycles. The van der Waals surface area contributed by atoms with E-state index in [0.29, 0.717) is 0 Å². The van der Waals surface area contributed by atoms with Crippen LogP contribution in [0.25, 0.3) is 0 Å². The third kappa shape index (κ3) is 2.84. The summed E-state index contributed by atoms with van der Waals surface area (Å²) in [6.45, 7) is 3.80. The Morgan fingerprint density at radius 1 is 1.45 bits per heavy atom. The summed E-state index contributed by atoms with van der Waals surface area (Å²) in [5.74, 6) is 0.822. The van der Waals surface area contributed by atoms with Gasteiger partial charge in [0.1, 0.15) is 0 Å². The van der Waals surface area contributed by atoms with Gasteiger partial charge in [-0.2, -0.15) is 12.5 Å². The summed E-state index contributed by atoms with van der Waals surface area (Å²) in [4.78, 5) is 0. The number of benzene rings is 1. The van der Waals surface area contributed by atoms with Gasteiger partial charge in [-0.05, 0) is 4.47 Å². The van der Waals surface area contributed by atoms with Crippen LogP contribution in [0.4, 0.5) is 0 Å². The van der Waals surface area contributed by atoms with E-state index in [0.717, 1.165) is 15.8 Å². The van der Waals surface area contributed by atoms with Gasteiger partial charge in [0.15, 0.2) is 0 Å². The second-order valence-electron chi connectivity index (χ2n) is 1.96.